The number of fused-ring (bicyclic) bond motifs is 1. The van der Waals surface area contributed by atoms with Crippen LogP contribution in [0.2, 0.25) is 0 Å². The van der Waals surface area contributed by atoms with E-state index in [2.05, 4.69) is 37.2 Å². The highest BCUT2D eigenvalue weighted by molar-refractivity contribution is 8.00. The van der Waals surface area contributed by atoms with E-state index in [0.717, 1.165) is 17.7 Å². The molecule has 0 amide bonds. The Labute approximate surface area is 121 Å². The minimum absolute atomic E-state index is 0.317. The Morgan fingerprint density at radius 2 is 2.20 bits per heavy atom. The molecule has 0 bridgehead atoms. The minimum atomic E-state index is 0.317. The number of rotatable bonds is 5. The highest BCUT2D eigenvalue weighted by Gasteiger charge is 2.33. The summed E-state index contributed by atoms with van der Waals surface area (Å²) in [5.41, 5.74) is 3.17. The van der Waals surface area contributed by atoms with Gasteiger partial charge in [0.1, 0.15) is 5.82 Å². The van der Waals surface area contributed by atoms with Crippen LogP contribution in [0.5, 0.6) is 0 Å². The topological polar surface area (TPSA) is 105 Å². The summed E-state index contributed by atoms with van der Waals surface area (Å²) < 4.78 is 0.317. The van der Waals surface area contributed by atoms with E-state index in [0.29, 0.717) is 16.3 Å². The van der Waals surface area contributed by atoms with E-state index < -0.39 is 0 Å². The number of hydrogen-bond donors (Lipinski definition) is 4. The van der Waals surface area contributed by atoms with E-state index in [4.69, 9.17) is 5.84 Å². The van der Waals surface area contributed by atoms with E-state index in [9.17, 15) is 0 Å². The third-order valence-electron chi connectivity index (χ3n) is 3.96. The second kappa shape index (κ2) is 5.45. The van der Waals surface area contributed by atoms with Crippen LogP contribution in [0.4, 0.5) is 11.8 Å². The first-order valence-electron chi connectivity index (χ1n) is 6.73. The monoisotopic (exact) mass is 293 g/mol. The van der Waals surface area contributed by atoms with Crippen LogP contribution < -0.4 is 16.6 Å². The van der Waals surface area contributed by atoms with Crippen LogP contribution in [0, 0.1) is 0 Å². The summed E-state index contributed by atoms with van der Waals surface area (Å²) in [6.07, 6.45) is 9.04. The zero-order chi connectivity index (χ0) is 14.0. The summed E-state index contributed by atoms with van der Waals surface area (Å²) in [4.78, 5) is 8.61. The summed E-state index contributed by atoms with van der Waals surface area (Å²) in [6.45, 7) is 0.898. The predicted octanol–water partition coefficient (Wildman–Crippen LogP) is 1.73. The van der Waals surface area contributed by atoms with Gasteiger partial charge in [-0.25, -0.2) is 5.84 Å². The van der Waals surface area contributed by atoms with Crippen LogP contribution in [0.3, 0.4) is 0 Å². The summed E-state index contributed by atoms with van der Waals surface area (Å²) in [6, 6.07) is 0. The van der Waals surface area contributed by atoms with Crippen molar-refractivity contribution in [1.82, 2.24) is 20.2 Å². The molecule has 5 N–H and O–H groups in total. The fourth-order valence-corrected chi connectivity index (χ4v) is 3.66. The second-order valence-corrected chi connectivity index (χ2v) is 6.39. The lowest BCUT2D eigenvalue weighted by molar-refractivity contribution is 0.639. The van der Waals surface area contributed by atoms with Crippen molar-refractivity contribution in [3.8, 4) is 0 Å². The van der Waals surface area contributed by atoms with Gasteiger partial charge in [-0.05, 0) is 19.1 Å². The van der Waals surface area contributed by atoms with Crippen LogP contribution in [0.25, 0.3) is 11.0 Å². The smallest absolute Gasteiger partial charge is 0.241 e. The number of hydrogen-bond acceptors (Lipinski definition) is 7. The molecule has 2 aromatic rings. The summed E-state index contributed by atoms with van der Waals surface area (Å²) >= 11 is 1.95. The maximum atomic E-state index is 5.41. The van der Waals surface area contributed by atoms with Crippen molar-refractivity contribution in [3.63, 3.8) is 0 Å². The Kier molecular flexibility index (Phi) is 3.66. The van der Waals surface area contributed by atoms with Gasteiger partial charge in [0.25, 0.3) is 0 Å². The SMILES string of the molecule is CSC1(CNc2nc(NN)nc3[nH]ncc23)CCCC1. The standard InChI is InChI=1S/C12H19N7S/c1-20-12(4-2-3-5-12)7-14-9-8-6-15-19-10(8)17-11(16-9)18-13/h6H,2-5,7,13H2,1H3,(H3,14,15,16,17,18,19). The molecule has 2 aromatic heterocycles. The quantitative estimate of drug-likeness (QED) is 0.491. The number of nitrogens with zero attached hydrogens (tertiary/aromatic N) is 3. The van der Waals surface area contributed by atoms with Gasteiger partial charge in [0.15, 0.2) is 5.65 Å². The van der Waals surface area contributed by atoms with Crippen LogP contribution >= 0.6 is 11.8 Å². The summed E-state index contributed by atoms with van der Waals surface area (Å²) in [5, 5.41) is 11.2. The molecule has 1 saturated carbocycles. The normalized spacial score (nSPS) is 17.5. The number of hydrazine groups is 1. The zero-order valence-electron chi connectivity index (χ0n) is 11.4. The lowest BCUT2D eigenvalue weighted by atomic mass is 10.1. The lowest BCUT2D eigenvalue weighted by Gasteiger charge is -2.27. The first-order chi connectivity index (χ1) is 9.76. The lowest BCUT2D eigenvalue weighted by Crippen LogP contribution is -2.30. The third-order valence-corrected chi connectivity index (χ3v) is 5.38. The molecular weight excluding hydrogens is 274 g/mol. The number of anilines is 2. The minimum Gasteiger partial charge on any atom is -0.368 e. The number of H-pyrrole nitrogens is 1. The van der Waals surface area contributed by atoms with Gasteiger partial charge in [-0.15, -0.1) is 0 Å². The first-order valence-corrected chi connectivity index (χ1v) is 7.95. The summed E-state index contributed by atoms with van der Waals surface area (Å²) in [5.74, 6) is 6.57. The van der Waals surface area contributed by atoms with E-state index in [-0.39, 0.29) is 0 Å². The van der Waals surface area contributed by atoms with E-state index in [1.807, 2.05) is 11.8 Å². The highest BCUT2D eigenvalue weighted by Crippen LogP contribution is 2.40. The van der Waals surface area contributed by atoms with Gasteiger partial charge in [0.2, 0.25) is 5.95 Å². The molecule has 0 unspecified atom stereocenters. The molecule has 0 aromatic carbocycles. The first kappa shape index (κ1) is 13.4. The molecule has 8 heteroatoms. The van der Waals surface area contributed by atoms with Crippen molar-refractivity contribution < 1.29 is 0 Å². The average molecular weight is 293 g/mol. The van der Waals surface area contributed by atoms with Gasteiger partial charge in [0, 0.05) is 11.3 Å². The molecule has 0 spiro atoms. The molecule has 0 aliphatic heterocycles. The number of nitrogen functional groups attached to an aromatic ring is 1. The molecule has 20 heavy (non-hydrogen) atoms. The van der Waals surface area contributed by atoms with Crippen molar-refractivity contribution >= 4 is 34.6 Å². The number of nitrogens with two attached hydrogens (primary N) is 1. The molecule has 1 aliphatic carbocycles. The van der Waals surface area contributed by atoms with Crippen molar-refractivity contribution in [2.45, 2.75) is 30.4 Å². The highest BCUT2D eigenvalue weighted by atomic mass is 32.2. The van der Waals surface area contributed by atoms with Crippen molar-refractivity contribution in [1.29, 1.82) is 0 Å². The predicted molar refractivity (Wildman–Crippen MR) is 82.7 cm³/mol. The van der Waals surface area contributed by atoms with Crippen LogP contribution in [0.15, 0.2) is 6.20 Å². The Balaban J connectivity index is 1.84. The van der Waals surface area contributed by atoms with Crippen LogP contribution in [-0.4, -0.2) is 37.7 Å². The van der Waals surface area contributed by atoms with Crippen molar-refractivity contribution in [2.24, 2.45) is 5.84 Å². The largest absolute Gasteiger partial charge is 0.368 e. The van der Waals surface area contributed by atoms with E-state index in [1.54, 1.807) is 6.20 Å². The fourth-order valence-electron chi connectivity index (χ4n) is 2.75. The van der Waals surface area contributed by atoms with Gasteiger partial charge >= 0.3 is 0 Å². The Hall–Kier alpha value is -1.54. The fraction of sp³-hybridized carbons (Fsp3) is 0.583. The van der Waals surface area contributed by atoms with Crippen molar-refractivity contribution in [2.75, 3.05) is 23.5 Å². The molecule has 7 nitrogen and oxygen atoms in total. The third kappa shape index (κ3) is 2.40. The van der Waals surface area contributed by atoms with Gasteiger partial charge in [0.05, 0.1) is 11.6 Å². The van der Waals surface area contributed by atoms with E-state index in [1.165, 1.54) is 25.7 Å². The molecule has 1 aliphatic rings. The average Bonchev–Trinajstić information content (AvgIpc) is 3.14. The second-order valence-electron chi connectivity index (χ2n) is 5.12. The van der Waals surface area contributed by atoms with E-state index >= 15 is 0 Å². The summed E-state index contributed by atoms with van der Waals surface area (Å²) in [7, 11) is 0. The number of thioether (sulfide) groups is 1. The molecule has 2 heterocycles. The molecule has 0 atom stereocenters. The Morgan fingerprint density at radius 3 is 2.90 bits per heavy atom. The molecular formula is C12H19N7S. The maximum Gasteiger partial charge on any atom is 0.241 e. The molecule has 108 valence electrons. The molecule has 1 fully saturated rings. The van der Waals surface area contributed by atoms with Gasteiger partial charge in [-0.3, -0.25) is 10.5 Å². The van der Waals surface area contributed by atoms with Gasteiger partial charge < -0.3 is 5.32 Å². The van der Waals surface area contributed by atoms with Crippen LogP contribution in [0.1, 0.15) is 25.7 Å². The maximum absolute atomic E-state index is 5.41. The van der Waals surface area contributed by atoms with Crippen LogP contribution in [-0.2, 0) is 0 Å². The van der Waals surface area contributed by atoms with Gasteiger partial charge in [-0.1, -0.05) is 12.8 Å². The molecule has 0 saturated heterocycles. The molecule has 3 rings (SSSR count). The Bertz CT molecular complexity index is 591. The molecule has 0 radical (unpaired) electrons. The van der Waals surface area contributed by atoms with Crippen molar-refractivity contribution in [3.05, 3.63) is 6.20 Å². The number of aromatic amines is 1. The van der Waals surface area contributed by atoms with Gasteiger partial charge in [-0.2, -0.15) is 26.8 Å². The number of aromatic nitrogens is 4. The zero-order valence-corrected chi connectivity index (χ0v) is 12.3. The number of nitrogens with one attached hydrogen (secondary N) is 3. The Morgan fingerprint density at radius 1 is 1.40 bits per heavy atom.